The summed E-state index contributed by atoms with van der Waals surface area (Å²) in [7, 11) is 0. The van der Waals surface area contributed by atoms with Crippen molar-refractivity contribution in [2.75, 3.05) is 6.61 Å². The third kappa shape index (κ3) is 3.91. The van der Waals surface area contributed by atoms with E-state index in [2.05, 4.69) is 52.3 Å². The topological polar surface area (TPSA) is 47.3 Å². The SMILES string of the molecule is NNC(CCCC1CCCO1)c1ccccc1I. The van der Waals surface area contributed by atoms with E-state index < -0.39 is 0 Å². The minimum atomic E-state index is 0.250. The van der Waals surface area contributed by atoms with Gasteiger partial charge in [-0.1, -0.05) is 18.2 Å². The number of benzene rings is 1. The molecule has 100 valence electrons. The smallest absolute Gasteiger partial charge is 0.0576 e. The first kappa shape index (κ1) is 14.2. The third-order valence-corrected chi connectivity index (χ3v) is 4.51. The number of halogens is 1. The quantitative estimate of drug-likeness (QED) is 0.466. The maximum Gasteiger partial charge on any atom is 0.0576 e. The third-order valence-electron chi connectivity index (χ3n) is 3.52. The van der Waals surface area contributed by atoms with E-state index in [1.54, 1.807) is 0 Å². The molecule has 1 aliphatic rings. The average molecular weight is 360 g/mol. The molecule has 1 aromatic carbocycles. The fourth-order valence-electron chi connectivity index (χ4n) is 2.51. The molecule has 2 rings (SSSR count). The average Bonchev–Trinajstić information content (AvgIpc) is 2.89. The number of hydrazine groups is 1. The zero-order valence-corrected chi connectivity index (χ0v) is 12.7. The van der Waals surface area contributed by atoms with Crippen LogP contribution in [0.4, 0.5) is 0 Å². The van der Waals surface area contributed by atoms with Crippen molar-refractivity contribution in [3.05, 3.63) is 33.4 Å². The maximum absolute atomic E-state index is 5.68. The van der Waals surface area contributed by atoms with Crippen LogP contribution < -0.4 is 11.3 Å². The molecule has 3 nitrogen and oxygen atoms in total. The summed E-state index contributed by atoms with van der Waals surface area (Å²) in [5.41, 5.74) is 4.24. The van der Waals surface area contributed by atoms with E-state index in [9.17, 15) is 0 Å². The van der Waals surface area contributed by atoms with Gasteiger partial charge in [0.1, 0.15) is 0 Å². The van der Waals surface area contributed by atoms with Gasteiger partial charge in [-0.25, -0.2) is 0 Å². The van der Waals surface area contributed by atoms with Gasteiger partial charge in [0.05, 0.1) is 6.10 Å². The number of rotatable bonds is 6. The maximum atomic E-state index is 5.68. The molecule has 1 saturated heterocycles. The number of ether oxygens (including phenoxy) is 1. The van der Waals surface area contributed by atoms with Crippen molar-refractivity contribution in [3.63, 3.8) is 0 Å². The predicted octanol–water partition coefficient (Wildman–Crippen LogP) is 3.14. The van der Waals surface area contributed by atoms with Crippen molar-refractivity contribution in [2.24, 2.45) is 5.84 Å². The highest BCUT2D eigenvalue weighted by Crippen LogP contribution is 2.25. The Balaban J connectivity index is 1.83. The van der Waals surface area contributed by atoms with E-state index >= 15 is 0 Å². The Morgan fingerprint density at radius 1 is 1.44 bits per heavy atom. The summed E-state index contributed by atoms with van der Waals surface area (Å²) in [6.45, 7) is 0.944. The second-order valence-electron chi connectivity index (χ2n) is 4.81. The van der Waals surface area contributed by atoms with Crippen molar-refractivity contribution < 1.29 is 4.74 Å². The molecule has 0 saturated carbocycles. The van der Waals surface area contributed by atoms with Gasteiger partial charge in [-0.3, -0.25) is 11.3 Å². The number of hydrogen-bond acceptors (Lipinski definition) is 3. The number of nitrogens with two attached hydrogens (primary N) is 1. The van der Waals surface area contributed by atoms with Crippen LogP contribution in [0.3, 0.4) is 0 Å². The van der Waals surface area contributed by atoms with Gasteiger partial charge < -0.3 is 4.74 Å². The zero-order valence-electron chi connectivity index (χ0n) is 10.6. The van der Waals surface area contributed by atoms with Crippen molar-refractivity contribution in [3.8, 4) is 0 Å². The van der Waals surface area contributed by atoms with Crippen LogP contribution in [0.1, 0.15) is 43.7 Å². The van der Waals surface area contributed by atoms with Crippen LogP contribution in [-0.4, -0.2) is 12.7 Å². The van der Waals surface area contributed by atoms with Crippen LogP contribution in [0, 0.1) is 3.57 Å². The summed E-state index contributed by atoms with van der Waals surface area (Å²) < 4.78 is 6.92. The first-order chi connectivity index (χ1) is 8.81. The lowest BCUT2D eigenvalue weighted by atomic mass is 10.00. The first-order valence-electron chi connectivity index (χ1n) is 6.63. The van der Waals surface area contributed by atoms with Crippen molar-refractivity contribution in [2.45, 2.75) is 44.2 Å². The highest BCUT2D eigenvalue weighted by atomic mass is 127. The molecule has 0 spiro atoms. The lowest BCUT2D eigenvalue weighted by molar-refractivity contribution is 0.101. The minimum absolute atomic E-state index is 0.250. The number of nitrogens with one attached hydrogen (secondary N) is 1. The number of hydrogen-bond donors (Lipinski definition) is 2. The van der Waals surface area contributed by atoms with Crippen molar-refractivity contribution in [1.82, 2.24) is 5.43 Å². The zero-order chi connectivity index (χ0) is 12.8. The lowest BCUT2D eigenvalue weighted by Crippen LogP contribution is -2.28. The molecule has 1 fully saturated rings. The Morgan fingerprint density at radius 3 is 2.94 bits per heavy atom. The minimum Gasteiger partial charge on any atom is -0.378 e. The molecule has 18 heavy (non-hydrogen) atoms. The Kier molecular flexibility index (Phi) is 5.88. The van der Waals surface area contributed by atoms with E-state index in [0.717, 1.165) is 25.9 Å². The van der Waals surface area contributed by atoms with E-state index in [1.807, 2.05) is 0 Å². The fourth-order valence-corrected chi connectivity index (χ4v) is 3.27. The van der Waals surface area contributed by atoms with Gasteiger partial charge in [0.25, 0.3) is 0 Å². The first-order valence-corrected chi connectivity index (χ1v) is 7.71. The second kappa shape index (κ2) is 7.43. The van der Waals surface area contributed by atoms with Gasteiger partial charge >= 0.3 is 0 Å². The second-order valence-corrected chi connectivity index (χ2v) is 5.97. The molecule has 0 amide bonds. The van der Waals surface area contributed by atoms with Crippen molar-refractivity contribution >= 4 is 22.6 Å². The molecule has 0 aliphatic carbocycles. The Bertz CT molecular complexity index is 367. The molecule has 0 bridgehead atoms. The molecular formula is C14H21IN2O. The molecule has 1 aliphatic heterocycles. The van der Waals surface area contributed by atoms with Crippen LogP contribution in [0.15, 0.2) is 24.3 Å². The summed E-state index contributed by atoms with van der Waals surface area (Å²) in [4.78, 5) is 0. The summed E-state index contributed by atoms with van der Waals surface area (Å²) in [5, 5.41) is 0. The van der Waals surface area contributed by atoms with E-state index in [1.165, 1.54) is 22.0 Å². The molecule has 1 aromatic rings. The van der Waals surface area contributed by atoms with Crippen LogP contribution in [-0.2, 0) is 4.74 Å². The van der Waals surface area contributed by atoms with Gasteiger partial charge in [-0.15, -0.1) is 0 Å². The summed E-state index contributed by atoms with van der Waals surface area (Å²) in [6, 6.07) is 8.66. The van der Waals surface area contributed by atoms with E-state index in [0.29, 0.717) is 6.10 Å². The summed E-state index contributed by atoms with van der Waals surface area (Å²) >= 11 is 2.37. The van der Waals surface area contributed by atoms with Crippen LogP contribution in [0.25, 0.3) is 0 Å². The normalized spacial score (nSPS) is 21.1. The van der Waals surface area contributed by atoms with Crippen LogP contribution >= 0.6 is 22.6 Å². The molecule has 0 radical (unpaired) electrons. The van der Waals surface area contributed by atoms with Gasteiger partial charge in [-0.2, -0.15) is 0 Å². The fraction of sp³-hybridized carbons (Fsp3) is 0.571. The lowest BCUT2D eigenvalue weighted by Gasteiger charge is -2.18. The summed E-state index contributed by atoms with van der Waals surface area (Å²) in [6.07, 6.45) is 6.31. The Morgan fingerprint density at radius 2 is 2.28 bits per heavy atom. The van der Waals surface area contributed by atoms with Gasteiger partial charge in [0, 0.05) is 16.2 Å². The summed E-state index contributed by atoms with van der Waals surface area (Å²) in [5.74, 6) is 5.68. The van der Waals surface area contributed by atoms with Gasteiger partial charge in [0.15, 0.2) is 0 Å². The van der Waals surface area contributed by atoms with Crippen LogP contribution in [0.5, 0.6) is 0 Å². The standard InChI is InChI=1S/C14H21IN2O/c15-13-8-2-1-7-12(13)14(17-16)9-3-5-11-6-4-10-18-11/h1-2,7-8,11,14,17H,3-6,9-10,16H2. The van der Waals surface area contributed by atoms with Crippen LogP contribution in [0.2, 0.25) is 0 Å². The molecule has 0 aromatic heterocycles. The van der Waals surface area contributed by atoms with E-state index in [4.69, 9.17) is 10.6 Å². The largest absolute Gasteiger partial charge is 0.378 e. The monoisotopic (exact) mass is 360 g/mol. The molecule has 2 unspecified atom stereocenters. The predicted molar refractivity (Wildman–Crippen MR) is 82.0 cm³/mol. The van der Waals surface area contributed by atoms with E-state index in [-0.39, 0.29) is 6.04 Å². The highest BCUT2D eigenvalue weighted by Gasteiger charge is 2.17. The molecule has 1 heterocycles. The molecule has 3 N–H and O–H groups in total. The van der Waals surface area contributed by atoms with Gasteiger partial charge in [0.2, 0.25) is 0 Å². The molecule has 2 atom stereocenters. The Labute approximate surface area is 123 Å². The highest BCUT2D eigenvalue weighted by molar-refractivity contribution is 14.1. The van der Waals surface area contributed by atoms with Gasteiger partial charge in [-0.05, 0) is 66.3 Å². The van der Waals surface area contributed by atoms with Crippen molar-refractivity contribution in [1.29, 1.82) is 0 Å². The Hall–Kier alpha value is -0.170. The molecule has 4 heteroatoms. The molecular weight excluding hydrogens is 339 g/mol.